The molecule has 0 fully saturated rings. The Morgan fingerprint density at radius 1 is 1.00 bits per heavy atom. The second-order valence-electron chi connectivity index (χ2n) is 4.03. The van der Waals surface area contributed by atoms with Crippen molar-refractivity contribution in [2.75, 3.05) is 0 Å². The Labute approximate surface area is 111 Å². The van der Waals surface area contributed by atoms with E-state index in [1.807, 2.05) is 0 Å². The van der Waals surface area contributed by atoms with Crippen LogP contribution in [0.15, 0.2) is 36.4 Å². The number of fused-ring (bicyclic) bond motifs is 1. The SMILES string of the molecule is Fc1cccc(-n2c(=S)[nH]c3c(F)cc(F)cc32)c1. The van der Waals surface area contributed by atoms with E-state index in [-0.39, 0.29) is 15.8 Å². The van der Waals surface area contributed by atoms with Gasteiger partial charge in [0.25, 0.3) is 0 Å². The summed E-state index contributed by atoms with van der Waals surface area (Å²) in [6.07, 6.45) is 0. The molecule has 0 aliphatic rings. The lowest BCUT2D eigenvalue weighted by Crippen LogP contribution is -1.95. The van der Waals surface area contributed by atoms with E-state index in [1.165, 1.54) is 22.8 Å². The highest BCUT2D eigenvalue weighted by atomic mass is 32.1. The molecule has 0 amide bonds. The smallest absolute Gasteiger partial charge is 0.182 e. The lowest BCUT2D eigenvalue weighted by Gasteiger charge is -2.04. The summed E-state index contributed by atoms with van der Waals surface area (Å²) >= 11 is 5.08. The largest absolute Gasteiger partial charge is 0.328 e. The number of hydrogen-bond donors (Lipinski definition) is 1. The summed E-state index contributed by atoms with van der Waals surface area (Å²) in [6, 6.07) is 7.55. The quantitative estimate of drug-likeness (QED) is 0.665. The number of aromatic nitrogens is 2. The first-order chi connectivity index (χ1) is 9.06. The molecule has 0 unspecified atom stereocenters. The molecular formula is C13H7F3N2S. The van der Waals surface area contributed by atoms with Gasteiger partial charge in [0.15, 0.2) is 10.6 Å². The summed E-state index contributed by atoms with van der Waals surface area (Å²) in [7, 11) is 0. The van der Waals surface area contributed by atoms with Crippen molar-refractivity contribution in [3.63, 3.8) is 0 Å². The standard InChI is InChI=1S/C13H7F3N2S/c14-7-2-1-3-9(4-7)18-11-6-8(15)5-10(16)12(11)17-13(18)19/h1-6H,(H,17,19). The second kappa shape index (κ2) is 4.24. The number of aromatic amines is 1. The maximum atomic E-state index is 13.6. The van der Waals surface area contributed by atoms with Gasteiger partial charge in [-0.25, -0.2) is 13.2 Å². The Morgan fingerprint density at radius 3 is 2.53 bits per heavy atom. The lowest BCUT2D eigenvalue weighted by molar-refractivity contribution is 0.590. The van der Waals surface area contributed by atoms with Crippen LogP contribution in [0.5, 0.6) is 0 Å². The first kappa shape index (κ1) is 12.0. The van der Waals surface area contributed by atoms with Gasteiger partial charge < -0.3 is 4.98 Å². The molecular weight excluding hydrogens is 273 g/mol. The average molecular weight is 280 g/mol. The molecule has 3 rings (SSSR count). The van der Waals surface area contributed by atoms with E-state index in [4.69, 9.17) is 12.2 Å². The predicted molar refractivity (Wildman–Crippen MR) is 68.3 cm³/mol. The van der Waals surface area contributed by atoms with E-state index in [0.29, 0.717) is 5.69 Å². The summed E-state index contributed by atoms with van der Waals surface area (Å²) in [5, 5.41) is 0. The third kappa shape index (κ3) is 1.94. The van der Waals surface area contributed by atoms with E-state index < -0.39 is 17.5 Å². The van der Waals surface area contributed by atoms with Crippen molar-refractivity contribution in [1.82, 2.24) is 9.55 Å². The zero-order valence-electron chi connectivity index (χ0n) is 9.45. The van der Waals surface area contributed by atoms with Crippen LogP contribution in [0.4, 0.5) is 13.2 Å². The van der Waals surface area contributed by atoms with Gasteiger partial charge in [-0.05, 0) is 30.4 Å². The molecule has 96 valence electrons. The molecule has 2 nitrogen and oxygen atoms in total. The monoisotopic (exact) mass is 280 g/mol. The van der Waals surface area contributed by atoms with Crippen LogP contribution in [0.25, 0.3) is 16.7 Å². The van der Waals surface area contributed by atoms with Crippen molar-refractivity contribution in [3.8, 4) is 5.69 Å². The molecule has 0 spiro atoms. The number of nitrogens with zero attached hydrogens (tertiary/aromatic N) is 1. The Morgan fingerprint density at radius 2 is 1.79 bits per heavy atom. The van der Waals surface area contributed by atoms with Gasteiger partial charge in [-0.1, -0.05) is 6.07 Å². The molecule has 0 saturated carbocycles. The van der Waals surface area contributed by atoms with Gasteiger partial charge in [-0.3, -0.25) is 4.57 Å². The number of benzene rings is 2. The minimum atomic E-state index is -0.740. The highest BCUT2D eigenvalue weighted by Gasteiger charge is 2.12. The van der Waals surface area contributed by atoms with Crippen LogP contribution in [0.3, 0.4) is 0 Å². The normalized spacial score (nSPS) is 11.1. The maximum Gasteiger partial charge on any atom is 0.182 e. The van der Waals surface area contributed by atoms with E-state index in [2.05, 4.69) is 4.98 Å². The summed E-state index contributed by atoms with van der Waals surface area (Å²) in [5.41, 5.74) is 0.727. The van der Waals surface area contributed by atoms with E-state index in [0.717, 1.165) is 12.1 Å². The highest BCUT2D eigenvalue weighted by Crippen LogP contribution is 2.23. The fraction of sp³-hybridized carbons (Fsp3) is 0. The van der Waals surface area contributed by atoms with Crippen LogP contribution in [0.1, 0.15) is 0 Å². The molecule has 0 aliphatic carbocycles. The number of nitrogens with one attached hydrogen (secondary N) is 1. The van der Waals surface area contributed by atoms with Gasteiger partial charge in [0.05, 0.1) is 11.2 Å². The Hall–Kier alpha value is -2.08. The molecule has 1 N–H and O–H groups in total. The van der Waals surface area contributed by atoms with Crippen LogP contribution in [0.2, 0.25) is 0 Å². The fourth-order valence-electron chi connectivity index (χ4n) is 2.00. The van der Waals surface area contributed by atoms with Crippen molar-refractivity contribution in [3.05, 3.63) is 58.6 Å². The first-order valence-electron chi connectivity index (χ1n) is 5.42. The van der Waals surface area contributed by atoms with Crippen LogP contribution in [-0.2, 0) is 0 Å². The predicted octanol–water partition coefficient (Wildman–Crippen LogP) is 4.11. The van der Waals surface area contributed by atoms with Crippen molar-refractivity contribution < 1.29 is 13.2 Å². The second-order valence-corrected chi connectivity index (χ2v) is 4.41. The molecule has 0 bridgehead atoms. The first-order valence-corrected chi connectivity index (χ1v) is 5.83. The van der Waals surface area contributed by atoms with Crippen LogP contribution < -0.4 is 0 Å². The molecule has 3 aromatic rings. The molecule has 6 heteroatoms. The van der Waals surface area contributed by atoms with Crippen molar-refractivity contribution in [2.24, 2.45) is 0 Å². The van der Waals surface area contributed by atoms with Gasteiger partial charge in [0.1, 0.15) is 17.2 Å². The van der Waals surface area contributed by atoms with Gasteiger partial charge in [0, 0.05) is 12.1 Å². The summed E-state index contributed by atoms with van der Waals surface area (Å²) in [4.78, 5) is 2.65. The third-order valence-electron chi connectivity index (χ3n) is 2.78. The highest BCUT2D eigenvalue weighted by molar-refractivity contribution is 7.71. The minimum Gasteiger partial charge on any atom is -0.328 e. The van der Waals surface area contributed by atoms with Crippen molar-refractivity contribution in [1.29, 1.82) is 0 Å². The Bertz CT molecular complexity index is 836. The lowest BCUT2D eigenvalue weighted by atomic mass is 10.2. The maximum absolute atomic E-state index is 13.6. The molecule has 19 heavy (non-hydrogen) atoms. The molecule has 1 heterocycles. The Balaban J connectivity index is 2.41. The molecule has 0 radical (unpaired) electrons. The van der Waals surface area contributed by atoms with Gasteiger partial charge >= 0.3 is 0 Å². The topological polar surface area (TPSA) is 20.7 Å². The summed E-state index contributed by atoms with van der Waals surface area (Å²) in [5.74, 6) is -1.91. The average Bonchev–Trinajstić information content (AvgIpc) is 2.66. The minimum absolute atomic E-state index is 0.0932. The summed E-state index contributed by atoms with van der Waals surface area (Å²) < 4.78 is 41.7. The molecule has 1 aromatic heterocycles. The van der Waals surface area contributed by atoms with Crippen molar-refractivity contribution >= 4 is 23.3 Å². The van der Waals surface area contributed by atoms with Crippen LogP contribution in [0, 0.1) is 22.2 Å². The van der Waals surface area contributed by atoms with Gasteiger partial charge in [-0.2, -0.15) is 0 Å². The molecule has 0 aliphatic heterocycles. The van der Waals surface area contributed by atoms with Crippen LogP contribution >= 0.6 is 12.2 Å². The number of hydrogen-bond acceptors (Lipinski definition) is 1. The van der Waals surface area contributed by atoms with Crippen molar-refractivity contribution in [2.45, 2.75) is 0 Å². The van der Waals surface area contributed by atoms with Gasteiger partial charge in [0.2, 0.25) is 0 Å². The zero-order chi connectivity index (χ0) is 13.6. The van der Waals surface area contributed by atoms with Gasteiger partial charge in [-0.15, -0.1) is 0 Å². The number of H-pyrrole nitrogens is 1. The number of rotatable bonds is 1. The van der Waals surface area contributed by atoms with E-state index >= 15 is 0 Å². The number of imidazole rings is 1. The number of halogens is 3. The molecule has 2 aromatic carbocycles. The van der Waals surface area contributed by atoms with Crippen LogP contribution in [-0.4, -0.2) is 9.55 Å². The molecule has 0 atom stereocenters. The zero-order valence-corrected chi connectivity index (χ0v) is 10.3. The van der Waals surface area contributed by atoms with E-state index in [9.17, 15) is 13.2 Å². The third-order valence-corrected chi connectivity index (χ3v) is 3.06. The fourth-order valence-corrected chi connectivity index (χ4v) is 2.31. The molecule has 0 saturated heterocycles. The Kier molecular flexibility index (Phi) is 2.67. The van der Waals surface area contributed by atoms with E-state index in [1.54, 1.807) is 6.07 Å². The summed E-state index contributed by atoms with van der Waals surface area (Å²) in [6.45, 7) is 0.